The van der Waals surface area contributed by atoms with Crippen LogP contribution < -0.4 is 4.74 Å². The second kappa shape index (κ2) is 4.35. The quantitative estimate of drug-likeness (QED) is 0.608. The Morgan fingerprint density at radius 2 is 2.31 bits per heavy atom. The molecule has 0 aliphatic rings. The topological polar surface area (TPSA) is 84.9 Å². The maximum atomic E-state index is 11.5. The molecule has 80 valence electrons. The van der Waals surface area contributed by atoms with Crippen LogP contribution in [0.15, 0.2) is 30.9 Å². The summed E-state index contributed by atoms with van der Waals surface area (Å²) in [5.41, 5.74) is 0.290. The highest BCUT2D eigenvalue weighted by molar-refractivity contribution is 5.90. The molecular weight excluding hydrogens is 210 g/mol. The number of nitrogens with one attached hydrogen (secondary N) is 1. The van der Waals surface area contributed by atoms with Crippen LogP contribution in [0.1, 0.15) is 21.0 Å². The van der Waals surface area contributed by atoms with E-state index in [-0.39, 0.29) is 17.1 Å². The van der Waals surface area contributed by atoms with Crippen molar-refractivity contribution in [1.29, 1.82) is 0 Å². The number of H-pyrrole nitrogens is 1. The molecule has 0 saturated heterocycles. The van der Waals surface area contributed by atoms with E-state index in [1.807, 2.05) is 0 Å². The lowest BCUT2D eigenvalue weighted by Gasteiger charge is -2.00. The number of carbonyl (C=O) groups excluding carboxylic acids is 2. The van der Waals surface area contributed by atoms with Crippen molar-refractivity contribution in [3.63, 3.8) is 0 Å². The van der Waals surface area contributed by atoms with E-state index < -0.39 is 5.97 Å². The minimum Gasteiger partial charge on any atom is -0.419 e. The molecule has 0 fully saturated rings. The summed E-state index contributed by atoms with van der Waals surface area (Å²) in [4.78, 5) is 32.2. The zero-order valence-corrected chi connectivity index (χ0v) is 8.08. The van der Waals surface area contributed by atoms with Crippen molar-refractivity contribution in [1.82, 2.24) is 15.0 Å². The highest BCUT2D eigenvalue weighted by Crippen LogP contribution is 2.15. The summed E-state index contributed by atoms with van der Waals surface area (Å²) in [5, 5.41) is 0. The van der Waals surface area contributed by atoms with E-state index in [1.165, 1.54) is 30.9 Å². The summed E-state index contributed by atoms with van der Waals surface area (Å²) in [6, 6.07) is 1.48. The molecule has 0 spiro atoms. The molecule has 0 bridgehead atoms. The van der Waals surface area contributed by atoms with Crippen molar-refractivity contribution in [2.24, 2.45) is 0 Å². The third-order valence-corrected chi connectivity index (χ3v) is 1.83. The molecule has 16 heavy (non-hydrogen) atoms. The number of esters is 1. The summed E-state index contributed by atoms with van der Waals surface area (Å²) >= 11 is 0. The second-order valence-corrected chi connectivity index (χ2v) is 2.85. The van der Waals surface area contributed by atoms with E-state index in [9.17, 15) is 9.59 Å². The molecule has 0 radical (unpaired) electrons. The fourth-order valence-corrected chi connectivity index (χ4v) is 1.11. The molecule has 2 aromatic rings. The number of nitrogens with zero attached hydrogens (tertiary/aromatic N) is 2. The molecule has 6 heteroatoms. The van der Waals surface area contributed by atoms with Gasteiger partial charge in [0.1, 0.15) is 5.69 Å². The molecule has 2 heterocycles. The number of carbonyl (C=O) groups is 2. The Hall–Kier alpha value is -2.50. The van der Waals surface area contributed by atoms with E-state index in [0.717, 1.165) is 0 Å². The van der Waals surface area contributed by atoms with Crippen molar-refractivity contribution in [2.45, 2.75) is 0 Å². The average molecular weight is 217 g/mol. The molecule has 0 aliphatic carbocycles. The lowest BCUT2D eigenvalue weighted by molar-refractivity contribution is 0.0727. The van der Waals surface area contributed by atoms with E-state index in [0.29, 0.717) is 6.29 Å². The first kappa shape index (κ1) is 10.0. The van der Waals surface area contributed by atoms with Crippen molar-refractivity contribution in [3.8, 4) is 5.75 Å². The Balaban J connectivity index is 2.17. The molecule has 0 amide bonds. The lowest BCUT2D eigenvalue weighted by Crippen LogP contribution is -2.11. The minimum absolute atomic E-state index is 0.0838. The maximum absolute atomic E-state index is 11.5. The van der Waals surface area contributed by atoms with Crippen LogP contribution in [0.3, 0.4) is 0 Å². The van der Waals surface area contributed by atoms with Gasteiger partial charge < -0.3 is 9.72 Å². The van der Waals surface area contributed by atoms with Gasteiger partial charge in [0, 0.05) is 18.6 Å². The summed E-state index contributed by atoms with van der Waals surface area (Å²) in [7, 11) is 0. The molecular formula is C10H7N3O3. The molecule has 0 aromatic carbocycles. The number of aromatic nitrogens is 3. The zero-order chi connectivity index (χ0) is 11.4. The number of ether oxygens (including phenoxy) is 1. The predicted octanol–water partition coefficient (Wildman–Crippen LogP) is 0.836. The standard InChI is InChI=1S/C10H7N3O3/c14-6-8-9(1-2-12-8)16-10(15)7-5-11-3-4-13-7/h1-6,12H. The van der Waals surface area contributed by atoms with Crippen molar-refractivity contribution in [3.05, 3.63) is 42.2 Å². The maximum Gasteiger partial charge on any atom is 0.364 e. The first-order valence-electron chi connectivity index (χ1n) is 4.42. The summed E-state index contributed by atoms with van der Waals surface area (Å²) in [6.45, 7) is 0. The van der Waals surface area contributed by atoms with Gasteiger partial charge in [0.25, 0.3) is 0 Å². The van der Waals surface area contributed by atoms with Crippen LogP contribution in [0.2, 0.25) is 0 Å². The molecule has 0 saturated carbocycles. The summed E-state index contributed by atoms with van der Waals surface area (Å²) in [5.74, 6) is -0.485. The van der Waals surface area contributed by atoms with Crippen LogP contribution in [0.25, 0.3) is 0 Å². The smallest absolute Gasteiger partial charge is 0.364 e. The van der Waals surface area contributed by atoms with E-state index in [2.05, 4.69) is 15.0 Å². The molecule has 0 unspecified atom stereocenters. The van der Waals surface area contributed by atoms with Gasteiger partial charge >= 0.3 is 5.97 Å². The third-order valence-electron chi connectivity index (χ3n) is 1.83. The Labute approximate surface area is 90.3 Å². The largest absolute Gasteiger partial charge is 0.419 e. The Morgan fingerprint density at radius 1 is 1.44 bits per heavy atom. The number of hydrogen-bond acceptors (Lipinski definition) is 5. The summed E-state index contributed by atoms with van der Waals surface area (Å²) < 4.78 is 4.96. The van der Waals surface area contributed by atoms with Crippen LogP contribution in [0.5, 0.6) is 5.75 Å². The zero-order valence-electron chi connectivity index (χ0n) is 8.08. The van der Waals surface area contributed by atoms with Crippen molar-refractivity contribution >= 4 is 12.3 Å². The van der Waals surface area contributed by atoms with Crippen LogP contribution in [0, 0.1) is 0 Å². The van der Waals surface area contributed by atoms with Gasteiger partial charge in [-0.3, -0.25) is 9.78 Å². The minimum atomic E-state index is -0.657. The Kier molecular flexibility index (Phi) is 2.73. The first-order valence-corrected chi connectivity index (χ1v) is 4.42. The fraction of sp³-hybridized carbons (Fsp3) is 0. The second-order valence-electron chi connectivity index (χ2n) is 2.85. The van der Waals surface area contributed by atoms with Gasteiger partial charge in [-0.05, 0) is 6.07 Å². The molecule has 6 nitrogen and oxygen atoms in total. The third kappa shape index (κ3) is 1.95. The van der Waals surface area contributed by atoms with Gasteiger partial charge in [-0.1, -0.05) is 0 Å². The first-order chi connectivity index (χ1) is 7.81. The van der Waals surface area contributed by atoms with E-state index >= 15 is 0 Å². The molecule has 2 aromatic heterocycles. The van der Waals surface area contributed by atoms with Gasteiger partial charge in [-0.2, -0.15) is 0 Å². The van der Waals surface area contributed by atoms with Crippen molar-refractivity contribution in [2.75, 3.05) is 0 Å². The van der Waals surface area contributed by atoms with Gasteiger partial charge in [0.2, 0.25) is 0 Å². The number of aromatic amines is 1. The number of hydrogen-bond donors (Lipinski definition) is 1. The SMILES string of the molecule is O=Cc1[nH]ccc1OC(=O)c1cnccn1. The van der Waals surface area contributed by atoms with Crippen LogP contribution in [0.4, 0.5) is 0 Å². The van der Waals surface area contributed by atoms with Crippen LogP contribution in [-0.4, -0.2) is 27.2 Å². The number of rotatable bonds is 3. The predicted molar refractivity (Wildman–Crippen MR) is 53.2 cm³/mol. The van der Waals surface area contributed by atoms with Gasteiger partial charge in [-0.25, -0.2) is 9.78 Å². The van der Waals surface area contributed by atoms with E-state index in [4.69, 9.17) is 4.74 Å². The highest BCUT2D eigenvalue weighted by Gasteiger charge is 2.13. The highest BCUT2D eigenvalue weighted by atomic mass is 16.5. The molecule has 1 N–H and O–H groups in total. The van der Waals surface area contributed by atoms with Gasteiger partial charge in [0.15, 0.2) is 17.7 Å². The summed E-state index contributed by atoms with van der Waals surface area (Å²) in [6.07, 6.45) is 6.19. The van der Waals surface area contributed by atoms with Gasteiger partial charge in [-0.15, -0.1) is 0 Å². The van der Waals surface area contributed by atoms with Gasteiger partial charge in [0.05, 0.1) is 6.20 Å². The Morgan fingerprint density at radius 3 is 3.00 bits per heavy atom. The number of aldehydes is 1. The van der Waals surface area contributed by atoms with Crippen LogP contribution >= 0.6 is 0 Å². The van der Waals surface area contributed by atoms with Crippen molar-refractivity contribution < 1.29 is 14.3 Å². The van der Waals surface area contributed by atoms with Crippen LogP contribution in [-0.2, 0) is 0 Å². The average Bonchev–Trinajstić information content (AvgIpc) is 2.77. The monoisotopic (exact) mass is 217 g/mol. The Bertz CT molecular complexity index is 507. The van der Waals surface area contributed by atoms with E-state index in [1.54, 1.807) is 0 Å². The molecule has 0 aliphatic heterocycles. The normalized spacial score (nSPS) is 9.75. The fourth-order valence-electron chi connectivity index (χ4n) is 1.11. The molecule has 0 atom stereocenters. The molecule has 2 rings (SSSR count). The lowest BCUT2D eigenvalue weighted by atomic mass is 10.4.